The molecule has 0 bridgehead atoms. The highest BCUT2D eigenvalue weighted by Gasteiger charge is 2.11. The third kappa shape index (κ3) is 4.26. The number of carbonyl (C=O) groups is 1. The third-order valence-electron chi connectivity index (χ3n) is 3.53. The Morgan fingerprint density at radius 1 is 1.05 bits per heavy atom. The lowest BCUT2D eigenvalue weighted by molar-refractivity contribution is 0.0726. The summed E-state index contributed by atoms with van der Waals surface area (Å²) < 4.78 is 6.56. The van der Waals surface area contributed by atoms with Crippen molar-refractivity contribution < 1.29 is 9.53 Å². The minimum absolute atomic E-state index is 0.0330. The van der Waals surface area contributed by atoms with Crippen molar-refractivity contribution in [3.8, 4) is 0 Å². The number of rotatable bonds is 5. The molecule has 2 aromatic rings. The van der Waals surface area contributed by atoms with E-state index in [1.807, 2.05) is 44.2 Å². The molecule has 0 N–H and O–H groups in total. The number of halogens is 1. The zero-order valence-electron chi connectivity index (χ0n) is 12.6. The van der Waals surface area contributed by atoms with Crippen LogP contribution in [-0.4, -0.2) is 12.4 Å². The third-order valence-corrected chi connectivity index (χ3v) is 4.03. The highest BCUT2D eigenvalue weighted by molar-refractivity contribution is 9.10. The first kappa shape index (κ1) is 15.9. The summed E-state index contributed by atoms with van der Waals surface area (Å²) in [5.41, 5.74) is 5.16. The second kappa shape index (κ2) is 7.01. The summed E-state index contributed by atoms with van der Waals surface area (Å²) in [6.07, 6.45) is 0. The molecule has 0 spiro atoms. The van der Waals surface area contributed by atoms with Gasteiger partial charge in [0, 0.05) is 10.0 Å². The predicted octanol–water partition coefficient (Wildman–Crippen LogP) is 4.77. The van der Waals surface area contributed by atoms with Crippen LogP contribution >= 0.6 is 15.9 Å². The number of ether oxygens (including phenoxy) is 1. The summed E-state index contributed by atoms with van der Waals surface area (Å²) >= 11 is 3.42. The number of hydrogen-bond acceptors (Lipinski definition) is 2. The maximum absolute atomic E-state index is 12.3. The minimum Gasteiger partial charge on any atom is -0.369 e. The van der Waals surface area contributed by atoms with Gasteiger partial charge in [0.15, 0.2) is 5.78 Å². The molecule has 0 fully saturated rings. The summed E-state index contributed by atoms with van der Waals surface area (Å²) in [6.45, 7) is 6.59. The molecule has 21 heavy (non-hydrogen) atoms. The number of aryl methyl sites for hydroxylation is 3. The van der Waals surface area contributed by atoms with E-state index in [9.17, 15) is 4.79 Å². The van der Waals surface area contributed by atoms with Crippen molar-refractivity contribution in [2.45, 2.75) is 27.4 Å². The van der Waals surface area contributed by atoms with Crippen molar-refractivity contribution in [2.75, 3.05) is 6.61 Å². The average molecular weight is 347 g/mol. The Bertz CT molecular complexity index is 662. The van der Waals surface area contributed by atoms with Gasteiger partial charge in [0.05, 0.1) is 6.61 Å². The molecule has 0 radical (unpaired) electrons. The van der Waals surface area contributed by atoms with Crippen LogP contribution in [0.2, 0.25) is 0 Å². The molecule has 0 amide bonds. The average Bonchev–Trinajstić information content (AvgIpc) is 2.43. The Balaban J connectivity index is 1.98. The van der Waals surface area contributed by atoms with E-state index in [2.05, 4.69) is 28.9 Å². The topological polar surface area (TPSA) is 26.3 Å². The first-order valence-corrected chi connectivity index (χ1v) is 7.70. The second-order valence-electron chi connectivity index (χ2n) is 5.30. The normalized spacial score (nSPS) is 10.7. The summed E-state index contributed by atoms with van der Waals surface area (Å²) in [5, 5.41) is 0. The molecule has 0 heterocycles. The number of Topliss-reactive ketones (excluding diaryl/α,β-unsaturated/α-hetero) is 1. The van der Waals surface area contributed by atoms with Gasteiger partial charge in [-0.25, -0.2) is 0 Å². The zero-order valence-corrected chi connectivity index (χ0v) is 14.2. The van der Waals surface area contributed by atoms with Crippen LogP contribution in [0.25, 0.3) is 0 Å². The molecule has 2 rings (SSSR count). The molecule has 110 valence electrons. The molecule has 3 heteroatoms. The van der Waals surface area contributed by atoms with Crippen molar-refractivity contribution in [1.29, 1.82) is 0 Å². The van der Waals surface area contributed by atoms with Gasteiger partial charge < -0.3 is 4.74 Å². The molecule has 2 nitrogen and oxygen atoms in total. The first-order valence-electron chi connectivity index (χ1n) is 6.90. The summed E-state index contributed by atoms with van der Waals surface area (Å²) in [6, 6.07) is 11.9. The van der Waals surface area contributed by atoms with Crippen molar-refractivity contribution in [3.05, 3.63) is 68.7 Å². The maximum Gasteiger partial charge on any atom is 0.188 e. The SMILES string of the molecule is Cc1cc(C)c(C(=O)COCc2cccc(Br)c2)cc1C. The fraction of sp³-hybridized carbons (Fsp3) is 0.278. The van der Waals surface area contributed by atoms with E-state index < -0.39 is 0 Å². The van der Waals surface area contributed by atoms with Gasteiger partial charge in [-0.15, -0.1) is 0 Å². The van der Waals surface area contributed by atoms with Crippen LogP contribution in [0.5, 0.6) is 0 Å². The molecular formula is C18H19BrO2. The van der Waals surface area contributed by atoms with Gasteiger partial charge in [0.25, 0.3) is 0 Å². The van der Waals surface area contributed by atoms with E-state index in [0.717, 1.165) is 26.7 Å². The Morgan fingerprint density at radius 3 is 2.48 bits per heavy atom. The van der Waals surface area contributed by atoms with Crippen molar-refractivity contribution in [2.24, 2.45) is 0 Å². The number of ketones is 1. The van der Waals surface area contributed by atoms with E-state index in [1.54, 1.807) is 0 Å². The van der Waals surface area contributed by atoms with Gasteiger partial charge in [-0.1, -0.05) is 34.1 Å². The van der Waals surface area contributed by atoms with Gasteiger partial charge in [-0.05, 0) is 61.2 Å². The van der Waals surface area contributed by atoms with Crippen LogP contribution in [0.1, 0.15) is 32.6 Å². The van der Waals surface area contributed by atoms with E-state index in [-0.39, 0.29) is 12.4 Å². The van der Waals surface area contributed by atoms with Gasteiger partial charge in [-0.2, -0.15) is 0 Å². The molecule has 0 unspecified atom stereocenters. The van der Waals surface area contributed by atoms with Crippen LogP contribution in [0.3, 0.4) is 0 Å². The second-order valence-corrected chi connectivity index (χ2v) is 6.21. The van der Waals surface area contributed by atoms with Crippen LogP contribution in [0, 0.1) is 20.8 Å². The molecule has 0 aliphatic rings. The van der Waals surface area contributed by atoms with Gasteiger partial charge in [0.2, 0.25) is 0 Å². The number of carbonyl (C=O) groups excluding carboxylic acids is 1. The Morgan fingerprint density at radius 2 is 1.76 bits per heavy atom. The first-order chi connectivity index (χ1) is 9.97. The van der Waals surface area contributed by atoms with Crippen LogP contribution < -0.4 is 0 Å². The fourth-order valence-corrected chi connectivity index (χ4v) is 2.67. The van der Waals surface area contributed by atoms with Gasteiger partial charge in [-0.3, -0.25) is 4.79 Å². The lowest BCUT2D eigenvalue weighted by Crippen LogP contribution is -2.11. The quantitative estimate of drug-likeness (QED) is 0.728. The molecule has 0 aliphatic carbocycles. The highest BCUT2D eigenvalue weighted by atomic mass is 79.9. The lowest BCUT2D eigenvalue weighted by atomic mass is 9.98. The van der Waals surface area contributed by atoms with Crippen molar-refractivity contribution >= 4 is 21.7 Å². The molecular weight excluding hydrogens is 328 g/mol. The van der Waals surface area contributed by atoms with Crippen LogP contribution in [0.15, 0.2) is 40.9 Å². The lowest BCUT2D eigenvalue weighted by Gasteiger charge is -2.09. The zero-order chi connectivity index (χ0) is 15.4. The predicted molar refractivity (Wildman–Crippen MR) is 88.8 cm³/mol. The van der Waals surface area contributed by atoms with Crippen LogP contribution in [0.4, 0.5) is 0 Å². The summed E-state index contributed by atoms with van der Waals surface area (Å²) in [4.78, 5) is 12.3. The van der Waals surface area contributed by atoms with E-state index in [1.165, 1.54) is 5.56 Å². The Kier molecular flexibility index (Phi) is 5.32. The van der Waals surface area contributed by atoms with E-state index in [0.29, 0.717) is 6.61 Å². The van der Waals surface area contributed by atoms with E-state index >= 15 is 0 Å². The monoisotopic (exact) mass is 346 g/mol. The van der Waals surface area contributed by atoms with Crippen molar-refractivity contribution in [1.82, 2.24) is 0 Å². The molecule has 0 atom stereocenters. The van der Waals surface area contributed by atoms with Gasteiger partial charge in [0.1, 0.15) is 6.61 Å². The smallest absolute Gasteiger partial charge is 0.188 e. The standard InChI is InChI=1S/C18H19BrO2/c1-12-7-14(3)17(8-13(12)2)18(20)11-21-10-15-5-4-6-16(19)9-15/h4-9H,10-11H2,1-3H3. The Labute approximate surface area is 134 Å². The highest BCUT2D eigenvalue weighted by Crippen LogP contribution is 2.17. The van der Waals surface area contributed by atoms with Crippen LogP contribution in [-0.2, 0) is 11.3 Å². The Hall–Kier alpha value is -1.45. The summed E-state index contributed by atoms with van der Waals surface area (Å²) in [7, 11) is 0. The minimum atomic E-state index is 0.0330. The number of hydrogen-bond donors (Lipinski definition) is 0. The fourth-order valence-electron chi connectivity index (χ4n) is 2.23. The largest absolute Gasteiger partial charge is 0.369 e. The molecule has 0 aromatic heterocycles. The molecule has 0 saturated heterocycles. The van der Waals surface area contributed by atoms with Crippen molar-refractivity contribution in [3.63, 3.8) is 0 Å². The maximum atomic E-state index is 12.3. The molecule has 0 saturated carbocycles. The molecule has 2 aromatic carbocycles. The molecule has 0 aliphatic heterocycles. The number of benzene rings is 2. The van der Waals surface area contributed by atoms with Gasteiger partial charge >= 0.3 is 0 Å². The van der Waals surface area contributed by atoms with E-state index in [4.69, 9.17) is 4.74 Å². The summed E-state index contributed by atoms with van der Waals surface area (Å²) in [5.74, 6) is 0.0330.